The fraction of sp³-hybridized carbons (Fsp3) is 0.524. The summed E-state index contributed by atoms with van der Waals surface area (Å²) in [6.45, 7) is 2.31. The summed E-state index contributed by atoms with van der Waals surface area (Å²) in [5.74, 6) is -3.30. The lowest BCUT2D eigenvalue weighted by Gasteiger charge is -2.43. The molecule has 2 aliphatic rings. The Hall–Kier alpha value is -4.41. The monoisotopic (exact) mass is 642 g/mol. The highest BCUT2D eigenvalue weighted by Gasteiger charge is 2.56. The number of aliphatic imine (C=N–C) groups is 1. The normalized spacial score (nSPS) is 20.0. The fourth-order valence-electron chi connectivity index (χ4n) is 3.94. The zero-order chi connectivity index (χ0) is 31.5. The van der Waals surface area contributed by atoms with E-state index in [0.29, 0.717) is 30.9 Å². The number of carbonyl (C=O) groups excluding carboxylic acids is 2. The average Bonchev–Trinajstić information content (AvgIpc) is 3.48. The van der Waals surface area contributed by atoms with Crippen LogP contribution in [0, 0.1) is 6.92 Å². The number of nitrogen functional groups attached to an aromatic ring is 1. The first-order chi connectivity index (χ1) is 20.3. The van der Waals surface area contributed by atoms with Crippen molar-refractivity contribution in [2.24, 2.45) is 21.6 Å². The molecule has 0 aromatic carbocycles. The Morgan fingerprint density at radius 3 is 2.63 bits per heavy atom. The van der Waals surface area contributed by atoms with Crippen LogP contribution in [0.4, 0.5) is 5.13 Å². The van der Waals surface area contributed by atoms with E-state index in [1.54, 1.807) is 6.92 Å². The molecule has 1 saturated heterocycles. The van der Waals surface area contributed by atoms with E-state index in [1.165, 1.54) is 5.38 Å². The van der Waals surface area contributed by atoms with Crippen LogP contribution in [0.15, 0.2) is 15.5 Å². The van der Waals surface area contributed by atoms with Crippen LogP contribution < -0.4 is 27.8 Å². The second-order valence-electron chi connectivity index (χ2n) is 9.59. The van der Waals surface area contributed by atoms with Crippen molar-refractivity contribution in [3.63, 3.8) is 0 Å². The number of carboxylic acids is 1. The van der Waals surface area contributed by atoms with Gasteiger partial charge in [0, 0.05) is 24.8 Å². The summed E-state index contributed by atoms with van der Waals surface area (Å²) < 4.78 is 33.8. The van der Waals surface area contributed by atoms with Crippen LogP contribution in [-0.4, -0.2) is 103 Å². The molecular weight excluding hydrogens is 612 g/mol. The molecule has 10 N–H and O–H groups in total. The molecule has 2 aromatic heterocycles. The number of guanidine groups is 1. The number of hydrogen-bond acceptors (Lipinski definition) is 14. The molecule has 0 spiro atoms. The zero-order valence-corrected chi connectivity index (χ0v) is 24.3. The first kappa shape index (κ1) is 31.5. The Morgan fingerprint density at radius 1 is 1.33 bits per heavy atom. The number of anilines is 1. The minimum atomic E-state index is -5.03. The van der Waals surface area contributed by atoms with E-state index >= 15 is 0 Å². The minimum absolute atomic E-state index is 0.0352. The van der Waals surface area contributed by atoms with Gasteiger partial charge in [0.05, 0.1) is 18.8 Å². The van der Waals surface area contributed by atoms with Crippen molar-refractivity contribution in [2.75, 3.05) is 18.8 Å². The maximum atomic E-state index is 13.3. The lowest BCUT2D eigenvalue weighted by atomic mass is 9.98. The summed E-state index contributed by atoms with van der Waals surface area (Å²) in [6.07, 6.45) is 1.01. The van der Waals surface area contributed by atoms with Crippen LogP contribution in [0.2, 0.25) is 0 Å². The summed E-state index contributed by atoms with van der Waals surface area (Å²) in [7, 11) is -5.03. The number of amides is 2. The first-order valence-corrected chi connectivity index (χ1v) is 15.0. The van der Waals surface area contributed by atoms with Gasteiger partial charge < -0.3 is 37.8 Å². The molecule has 22 heteroatoms. The number of nitrogens with zero attached hydrogens (tertiary/aromatic N) is 7. The molecule has 43 heavy (non-hydrogen) atoms. The average molecular weight is 643 g/mol. The summed E-state index contributed by atoms with van der Waals surface area (Å²) >= 11 is 0.965. The van der Waals surface area contributed by atoms with Gasteiger partial charge in [0.1, 0.15) is 23.5 Å². The molecule has 2 fully saturated rings. The number of thiazole rings is 1. The molecule has 0 bridgehead atoms. The number of nitrogens with two attached hydrogens (primary N) is 3. The molecular formula is C21H30N12O8S2. The molecule has 1 saturated carbocycles. The maximum Gasteiger partial charge on any atom is 0.362 e. The van der Waals surface area contributed by atoms with Crippen LogP contribution in [-0.2, 0) is 42.6 Å². The number of carboxylic acid groups (broad SMARTS) is 1. The molecule has 2 aromatic rings. The molecule has 3 heterocycles. The van der Waals surface area contributed by atoms with Gasteiger partial charge in [-0.3, -0.25) is 14.1 Å². The Balaban J connectivity index is 1.53. The van der Waals surface area contributed by atoms with Crippen molar-refractivity contribution in [2.45, 2.75) is 57.0 Å². The number of oxime groups is 1. The number of β-lactam (4-membered cyclic amide) rings is 1. The van der Waals surface area contributed by atoms with E-state index in [2.05, 4.69) is 36.0 Å². The largest absolute Gasteiger partial charge is 0.478 e. The lowest BCUT2D eigenvalue weighted by Crippen LogP contribution is -2.73. The predicted molar refractivity (Wildman–Crippen MR) is 150 cm³/mol. The second-order valence-corrected chi connectivity index (χ2v) is 11.8. The van der Waals surface area contributed by atoms with Gasteiger partial charge in [-0.15, -0.1) is 11.3 Å². The number of aliphatic carboxylic acids is 1. The highest BCUT2D eigenvalue weighted by Crippen LogP contribution is 2.40. The van der Waals surface area contributed by atoms with Crippen LogP contribution in [0.5, 0.6) is 0 Å². The van der Waals surface area contributed by atoms with E-state index in [1.807, 2.05) is 0 Å². The van der Waals surface area contributed by atoms with Gasteiger partial charge in [-0.2, -0.15) is 23.4 Å². The van der Waals surface area contributed by atoms with Crippen molar-refractivity contribution in [1.29, 1.82) is 0 Å². The zero-order valence-electron chi connectivity index (χ0n) is 22.7. The number of nitrogens with one attached hydrogen (secondary N) is 2. The van der Waals surface area contributed by atoms with E-state index in [0.717, 1.165) is 16.1 Å². The Bertz CT molecular complexity index is 1560. The van der Waals surface area contributed by atoms with Crippen molar-refractivity contribution in [1.82, 2.24) is 34.9 Å². The van der Waals surface area contributed by atoms with Crippen LogP contribution in [0.1, 0.15) is 36.3 Å². The summed E-state index contributed by atoms with van der Waals surface area (Å²) in [5.41, 5.74) is 15.6. The van der Waals surface area contributed by atoms with Gasteiger partial charge in [-0.25, -0.2) is 19.1 Å². The topological polar surface area (TPSA) is 309 Å². The number of aryl methyl sites for hydroxylation is 1. The fourth-order valence-corrected chi connectivity index (χ4v) is 5.36. The molecule has 4 rings (SSSR count). The number of rotatable bonds is 14. The van der Waals surface area contributed by atoms with Crippen LogP contribution in [0.25, 0.3) is 0 Å². The third-order valence-corrected chi connectivity index (χ3v) is 8.07. The third kappa shape index (κ3) is 7.15. The van der Waals surface area contributed by atoms with E-state index in [-0.39, 0.29) is 47.0 Å². The van der Waals surface area contributed by atoms with E-state index < -0.39 is 51.5 Å². The predicted octanol–water partition coefficient (Wildman–Crippen LogP) is -3.09. The molecule has 0 radical (unpaired) electrons. The molecule has 1 aliphatic heterocycles. The van der Waals surface area contributed by atoms with Gasteiger partial charge in [0.2, 0.25) is 5.60 Å². The van der Waals surface area contributed by atoms with Gasteiger partial charge >= 0.3 is 16.3 Å². The van der Waals surface area contributed by atoms with Gasteiger partial charge in [-0.1, -0.05) is 5.16 Å². The van der Waals surface area contributed by atoms with Gasteiger partial charge in [0.15, 0.2) is 16.8 Å². The van der Waals surface area contributed by atoms with Crippen molar-refractivity contribution in [3.05, 3.63) is 22.5 Å². The van der Waals surface area contributed by atoms with Crippen LogP contribution in [0.3, 0.4) is 0 Å². The Kier molecular flexibility index (Phi) is 9.12. The molecule has 1 aliphatic carbocycles. The summed E-state index contributed by atoms with van der Waals surface area (Å²) in [4.78, 5) is 51.9. The first-order valence-electron chi connectivity index (χ1n) is 12.7. The molecule has 1 unspecified atom stereocenters. The van der Waals surface area contributed by atoms with E-state index in [4.69, 9.17) is 22.0 Å². The van der Waals surface area contributed by atoms with Crippen LogP contribution >= 0.6 is 11.3 Å². The SMILES string of the molecule is Cc1nn(C[C@H]2C(NC(=O)/C(=N\OC3(C(=O)O)CC3)c3csc(N)n3)C(=O)N2S(=O)(=O)O)nc1CN=C(N)NCCCN. The summed E-state index contributed by atoms with van der Waals surface area (Å²) in [5, 5.41) is 28.2. The Labute approximate surface area is 248 Å². The minimum Gasteiger partial charge on any atom is -0.478 e. The smallest absolute Gasteiger partial charge is 0.362 e. The second kappa shape index (κ2) is 12.4. The van der Waals surface area contributed by atoms with Crippen molar-refractivity contribution in [3.8, 4) is 0 Å². The molecule has 2 atom stereocenters. The third-order valence-electron chi connectivity index (χ3n) is 6.45. The number of carbonyl (C=O) groups is 3. The maximum absolute atomic E-state index is 13.3. The Morgan fingerprint density at radius 2 is 2.05 bits per heavy atom. The molecule has 234 valence electrons. The summed E-state index contributed by atoms with van der Waals surface area (Å²) in [6, 6.07) is -2.84. The van der Waals surface area contributed by atoms with Crippen molar-refractivity contribution < 1.29 is 37.3 Å². The van der Waals surface area contributed by atoms with E-state index in [9.17, 15) is 32.5 Å². The highest BCUT2D eigenvalue weighted by molar-refractivity contribution is 7.84. The van der Waals surface area contributed by atoms with Gasteiger partial charge in [-0.05, 0) is 19.9 Å². The van der Waals surface area contributed by atoms with Gasteiger partial charge in [0.25, 0.3) is 11.8 Å². The van der Waals surface area contributed by atoms with Crippen molar-refractivity contribution >= 4 is 56.2 Å². The quantitative estimate of drug-likeness (QED) is 0.0268. The standard InChI is InChI=1S/C21H30N12O8S2/c1-10-11(7-26-19(23)25-6-2-5-22)30-32(29-10)8-13-15(17(35)33(13)43(38,39)40)28-16(34)14(12-9-42-20(24)27-12)31-41-21(3-4-21)18(36)37/h9,13,15H,2-8,22H2,1H3,(H2,24,27)(H,28,34)(H,36,37)(H3,23,25,26)(H,38,39,40)/b31-14-/t13-,15?/m0/s1. The highest BCUT2D eigenvalue weighted by atomic mass is 32.2. The lowest BCUT2D eigenvalue weighted by molar-refractivity contribution is -0.153. The number of aromatic nitrogens is 4. The number of hydrogen-bond donors (Lipinski definition) is 7. The molecule has 2 amide bonds. The molecule has 20 nitrogen and oxygen atoms in total.